The zero-order valence-electron chi connectivity index (χ0n) is 11.7. The fraction of sp³-hybridized carbons (Fsp3) is 0.333. The highest BCUT2D eigenvalue weighted by atomic mass is 79.9. The quantitative estimate of drug-likeness (QED) is 0.815. The lowest BCUT2D eigenvalue weighted by atomic mass is 10.2. The van der Waals surface area contributed by atoms with Gasteiger partial charge < -0.3 is 10.1 Å². The fourth-order valence-electron chi connectivity index (χ4n) is 1.83. The number of methoxy groups -OCH3 is 1. The lowest BCUT2D eigenvalue weighted by molar-refractivity contribution is 0.414. The second-order valence-electron chi connectivity index (χ2n) is 4.44. The Morgan fingerprint density at radius 3 is 2.60 bits per heavy atom. The Morgan fingerprint density at radius 1 is 1.20 bits per heavy atom. The second-order valence-corrected chi connectivity index (χ2v) is 5.26. The van der Waals surface area contributed by atoms with Crippen LogP contribution in [0.3, 0.4) is 0 Å². The first kappa shape index (κ1) is 14.8. The summed E-state index contributed by atoms with van der Waals surface area (Å²) in [6, 6.07) is 9.87. The van der Waals surface area contributed by atoms with Crippen molar-refractivity contribution in [1.29, 1.82) is 0 Å². The Morgan fingerprint density at radius 2 is 1.95 bits per heavy atom. The molecule has 0 atom stereocenters. The van der Waals surface area contributed by atoms with Gasteiger partial charge in [0.1, 0.15) is 22.0 Å². The standard InChI is InChI=1S/C15H18BrN3O/c1-3-4-14-18-13(16)9-15(19-14)17-10-11-5-7-12(20-2)8-6-11/h5-9H,3-4,10H2,1-2H3,(H,17,18,19). The van der Waals surface area contributed by atoms with E-state index in [1.54, 1.807) is 7.11 Å². The van der Waals surface area contributed by atoms with E-state index in [0.29, 0.717) is 0 Å². The average molecular weight is 336 g/mol. The van der Waals surface area contributed by atoms with Crippen molar-refractivity contribution < 1.29 is 4.74 Å². The van der Waals surface area contributed by atoms with Crippen molar-refractivity contribution in [2.24, 2.45) is 0 Å². The zero-order chi connectivity index (χ0) is 14.4. The van der Waals surface area contributed by atoms with Gasteiger partial charge in [-0.3, -0.25) is 0 Å². The first-order valence-electron chi connectivity index (χ1n) is 6.61. The Labute approximate surface area is 127 Å². The van der Waals surface area contributed by atoms with E-state index >= 15 is 0 Å². The number of nitrogens with zero attached hydrogens (tertiary/aromatic N) is 2. The molecule has 20 heavy (non-hydrogen) atoms. The molecule has 0 saturated heterocycles. The first-order valence-corrected chi connectivity index (χ1v) is 7.41. The van der Waals surface area contributed by atoms with Gasteiger partial charge in [-0.15, -0.1) is 0 Å². The predicted octanol–water partition coefficient (Wildman–Crippen LogP) is 3.81. The molecule has 1 N–H and O–H groups in total. The summed E-state index contributed by atoms with van der Waals surface area (Å²) >= 11 is 3.42. The summed E-state index contributed by atoms with van der Waals surface area (Å²) in [6.07, 6.45) is 1.92. The molecular formula is C15H18BrN3O. The number of benzene rings is 1. The number of halogens is 1. The van der Waals surface area contributed by atoms with Crippen LogP contribution in [0, 0.1) is 0 Å². The molecule has 1 heterocycles. The summed E-state index contributed by atoms with van der Waals surface area (Å²) in [5.74, 6) is 2.56. The van der Waals surface area contributed by atoms with E-state index in [1.807, 2.05) is 30.3 Å². The molecule has 0 saturated carbocycles. The van der Waals surface area contributed by atoms with Crippen LogP contribution in [0.25, 0.3) is 0 Å². The van der Waals surface area contributed by atoms with Crippen LogP contribution in [0.5, 0.6) is 5.75 Å². The van der Waals surface area contributed by atoms with Crippen molar-refractivity contribution in [3.8, 4) is 5.75 Å². The van der Waals surface area contributed by atoms with Crippen LogP contribution in [0.1, 0.15) is 24.7 Å². The smallest absolute Gasteiger partial charge is 0.132 e. The SMILES string of the molecule is CCCc1nc(Br)cc(NCc2ccc(OC)cc2)n1. The minimum absolute atomic E-state index is 0.721. The van der Waals surface area contributed by atoms with Gasteiger partial charge in [0, 0.05) is 19.0 Å². The van der Waals surface area contributed by atoms with Crippen molar-refractivity contribution in [2.75, 3.05) is 12.4 Å². The molecule has 1 aromatic heterocycles. The number of nitrogens with one attached hydrogen (secondary N) is 1. The van der Waals surface area contributed by atoms with E-state index in [1.165, 1.54) is 5.56 Å². The molecule has 4 nitrogen and oxygen atoms in total. The monoisotopic (exact) mass is 335 g/mol. The molecule has 2 rings (SSSR count). The summed E-state index contributed by atoms with van der Waals surface area (Å²) in [5.41, 5.74) is 1.18. The zero-order valence-corrected chi connectivity index (χ0v) is 13.3. The van der Waals surface area contributed by atoms with Crippen molar-refractivity contribution in [3.63, 3.8) is 0 Å². The highest BCUT2D eigenvalue weighted by Crippen LogP contribution is 2.16. The normalized spacial score (nSPS) is 10.3. The van der Waals surface area contributed by atoms with E-state index in [0.717, 1.165) is 41.4 Å². The van der Waals surface area contributed by atoms with Crippen molar-refractivity contribution in [2.45, 2.75) is 26.3 Å². The van der Waals surface area contributed by atoms with Crippen LogP contribution in [0.4, 0.5) is 5.82 Å². The molecule has 0 unspecified atom stereocenters. The Balaban J connectivity index is 2.02. The van der Waals surface area contributed by atoms with Gasteiger partial charge in [0.15, 0.2) is 0 Å². The third-order valence-electron chi connectivity index (χ3n) is 2.85. The number of anilines is 1. The molecule has 106 valence electrons. The second kappa shape index (κ2) is 7.24. The first-order chi connectivity index (χ1) is 9.71. The Hall–Kier alpha value is -1.62. The number of hydrogen-bond donors (Lipinski definition) is 1. The van der Waals surface area contributed by atoms with Gasteiger partial charge in [-0.2, -0.15) is 0 Å². The van der Waals surface area contributed by atoms with Crippen molar-refractivity contribution in [1.82, 2.24) is 9.97 Å². The van der Waals surface area contributed by atoms with Crippen LogP contribution in [0.2, 0.25) is 0 Å². The van der Waals surface area contributed by atoms with Gasteiger partial charge in [0.05, 0.1) is 7.11 Å². The predicted molar refractivity (Wildman–Crippen MR) is 84.0 cm³/mol. The van der Waals surface area contributed by atoms with Gasteiger partial charge in [-0.1, -0.05) is 19.1 Å². The van der Waals surface area contributed by atoms with Crippen molar-refractivity contribution in [3.05, 3.63) is 46.3 Å². The number of rotatable bonds is 6. The molecule has 0 aliphatic rings. The maximum atomic E-state index is 5.14. The summed E-state index contributed by atoms with van der Waals surface area (Å²) < 4.78 is 5.96. The molecule has 1 aromatic carbocycles. The van der Waals surface area contributed by atoms with E-state index in [-0.39, 0.29) is 0 Å². The Bertz CT molecular complexity index is 558. The largest absolute Gasteiger partial charge is 0.497 e. The minimum Gasteiger partial charge on any atom is -0.497 e. The topological polar surface area (TPSA) is 47.0 Å². The molecule has 0 radical (unpaired) electrons. The summed E-state index contributed by atoms with van der Waals surface area (Å²) in [5, 5.41) is 3.32. The van der Waals surface area contributed by atoms with E-state index in [9.17, 15) is 0 Å². The Kier molecular flexibility index (Phi) is 5.35. The van der Waals surface area contributed by atoms with E-state index < -0.39 is 0 Å². The molecule has 5 heteroatoms. The summed E-state index contributed by atoms with van der Waals surface area (Å²) in [6.45, 7) is 2.84. The molecule has 0 spiro atoms. The van der Waals surface area contributed by atoms with Crippen molar-refractivity contribution >= 4 is 21.7 Å². The number of hydrogen-bond acceptors (Lipinski definition) is 4. The third kappa shape index (κ3) is 4.20. The van der Waals surface area contributed by atoms with Crippen LogP contribution in [-0.4, -0.2) is 17.1 Å². The molecule has 0 aliphatic heterocycles. The van der Waals surface area contributed by atoms with E-state index in [4.69, 9.17) is 4.74 Å². The molecule has 0 bridgehead atoms. The van der Waals surface area contributed by atoms with Crippen LogP contribution >= 0.6 is 15.9 Å². The molecule has 0 fully saturated rings. The fourth-order valence-corrected chi connectivity index (χ4v) is 2.25. The highest BCUT2D eigenvalue weighted by molar-refractivity contribution is 9.10. The summed E-state index contributed by atoms with van der Waals surface area (Å²) in [4.78, 5) is 8.85. The molecule has 0 amide bonds. The molecular weight excluding hydrogens is 318 g/mol. The van der Waals surface area contributed by atoms with Crippen LogP contribution < -0.4 is 10.1 Å². The number of ether oxygens (including phenoxy) is 1. The van der Waals surface area contributed by atoms with Gasteiger partial charge in [-0.05, 0) is 40.0 Å². The maximum Gasteiger partial charge on any atom is 0.132 e. The lowest BCUT2D eigenvalue weighted by Gasteiger charge is -2.08. The van der Waals surface area contributed by atoms with Gasteiger partial charge in [0.2, 0.25) is 0 Å². The maximum absolute atomic E-state index is 5.14. The molecule has 2 aromatic rings. The molecule has 0 aliphatic carbocycles. The van der Waals surface area contributed by atoms with Crippen LogP contribution in [0.15, 0.2) is 34.9 Å². The third-order valence-corrected chi connectivity index (χ3v) is 3.25. The summed E-state index contributed by atoms with van der Waals surface area (Å²) in [7, 11) is 1.67. The van der Waals surface area contributed by atoms with Gasteiger partial charge >= 0.3 is 0 Å². The highest BCUT2D eigenvalue weighted by Gasteiger charge is 2.02. The average Bonchev–Trinajstić information content (AvgIpc) is 2.45. The minimum atomic E-state index is 0.721. The lowest BCUT2D eigenvalue weighted by Crippen LogP contribution is -2.04. The van der Waals surface area contributed by atoms with Gasteiger partial charge in [-0.25, -0.2) is 9.97 Å². The van der Waals surface area contributed by atoms with E-state index in [2.05, 4.69) is 38.1 Å². The van der Waals surface area contributed by atoms with Crippen LogP contribution in [-0.2, 0) is 13.0 Å². The number of aryl methyl sites for hydroxylation is 1. The van der Waals surface area contributed by atoms with Gasteiger partial charge in [0.25, 0.3) is 0 Å². The number of aromatic nitrogens is 2.